The summed E-state index contributed by atoms with van der Waals surface area (Å²) in [5.74, 6) is -1.39. The van der Waals surface area contributed by atoms with E-state index in [9.17, 15) is 9.59 Å². The lowest BCUT2D eigenvalue weighted by molar-refractivity contribution is -0.141. The molecule has 1 atom stereocenters. The molecular formula is C23H19BrClN3O3. The maximum atomic E-state index is 12.9. The minimum atomic E-state index is -1.03. The number of carbonyl (C=O) groups is 2. The van der Waals surface area contributed by atoms with E-state index >= 15 is 0 Å². The summed E-state index contributed by atoms with van der Waals surface area (Å²) in [6.07, 6.45) is 0.0553. The Bertz CT molecular complexity index is 1230. The number of amides is 1. The van der Waals surface area contributed by atoms with Crippen LogP contribution >= 0.6 is 27.5 Å². The van der Waals surface area contributed by atoms with Crippen LogP contribution in [0.5, 0.6) is 0 Å². The summed E-state index contributed by atoms with van der Waals surface area (Å²) in [6.45, 7) is 1.99. The molecule has 0 radical (unpaired) electrons. The van der Waals surface area contributed by atoms with E-state index in [1.54, 1.807) is 0 Å². The minimum absolute atomic E-state index is 0.140. The Morgan fingerprint density at radius 1 is 1.19 bits per heavy atom. The minimum Gasteiger partial charge on any atom is -0.481 e. The number of hydrogen-bond donors (Lipinski definition) is 1. The Labute approximate surface area is 192 Å². The first-order valence-electron chi connectivity index (χ1n) is 9.76. The summed E-state index contributed by atoms with van der Waals surface area (Å²) in [5.41, 5.74) is 4.16. The molecule has 1 aliphatic rings. The standard InChI is InChI=1S/C23H19BrClN3O3/c1-13-5-6-15-11-17(23(25)26-18(15)9-13)20-12-19(14-3-2-4-16(24)10-14)27-28(20)21(29)7-8-22(30)31/h2-6,9-11,20H,7-8,12H2,1H3,(H,30,31). The van der Waals surface area contributed by atoms with Crippen molar-refractivity contribution in [1.82, 2.24) is 9.99 Å². The van der Waals surface area contributed by atoms with E-state index in [2.05, 4.69) is 26.0 Å². The lowest BCUT2D eigenvalue weighted by Gasteiger charge is -2.23. The number of benzene rings is 2. The average molecular weight is 501 g/mol. The number of aryl methyl sites for hydroxylation is 1. The number of nitrogens with zero attached hydrogens (tertiary/aromatic N) is 3. The molecule has 8 heteroatoms. The van der Waals surface area contributed by atoms with Gasteiger partial charge >= 0.3 is 5.97 Å². The van der Waals surface area contributed by atoms with Gasteiger partial charge in [-0.2, -0.15) is 5.10 Å². The fourth-order valence-corrected chi connectivity index (χ4v) is 4.33. The van der Waals surface area contributed by atoms with Crippen LogP contribution in [0.4, 0.5) is 0 Å². The highest BCUT2D eigenvalue weighted by molar-refractivity contribution is 9.10. The topological polar surface area (TPSA) is 82.9 Å². The Morgan fingerprint density at radius 3 is 2.74 bits per heavy atom. The smallest absolute Gasteiger partial charge is 0.303 e. The van der Waals surface area contributed by atoms with Gasteiger partial charge in [-0.15, -0.1) is 0 Å². The third kappa shape index (κ3) is 4.62. The quantitative estimate of drug-likeness (QED) is 0.469. The molecule has 1 aliphatic heterocycles. The van der Waals surface area contributed by atoms with Crippen molar-refractivity contribution >= 4 is 56.0 Å². The summed E-state index contributed by atoms with van der Waals surface area (Å²) in [7, 11) is 0. The lowest BCUT2D eigenvalue weighted by Crippen LogP contribution is -2.27. The Balaban J connectivity index is 1.75. The molecule has 1 aromatic heterocycles. The number of carbonyl (C=O) groups excluding carboxylic acids is 1. The van der Waals surface area contributed by atoms with Crippen LogP contribution < -0.4 is 0 Å². The number of pyridine rings is 1. The van der Waals surface area contributed by atoms with Crippen molar-refractivity contribution in [3.05, 3.63) is 74.8 Å². The molecule has 2 aromatic carbocycles. The second-order valence-electron chi connectivity index (χ2n) is 7.47. The van der Waals surface area contributed by atoms with Gasteiger partial charge in [-0.3, -0.25) is 9.59 Å². The molecule has 0 bridgehead atoms. The number of aromatic nitrogens is 1. The van der Waals surface area contributed by atoms with Gasteiger partial charge in [0.25, 0.3) is 0 Å². The molecule has 0 aliphatic carbocycles. The van der Waals surface area contributed by atoms with E-state index in [1.165, 1.54) is 5.01 Å². The van der Waals surface area contributed by atoms with Crippen LogP contribution in [0.2, 0.25) is 5.15 Å². The van der Waals surface area contributed by atoms with Crippen molar-refractivity contribution < 1.29 is 14.7 Å². The van der Waals surface area contributed by atoms with E-state index in [0.29, 0.717) is 17.1 Å². The Hall–Kier alpha value is -2.77. The predicted molar refractivity (Wildman–Crippen MR) is 123 cm³/mol. The van der Waals surface area contributed by atoms with Crippen molar-refractivity contribution in [2.45, 2.75) is 32.2 Å². The van der Waals surface area contributed by atoms with E-state index in [1.807, 2.05) is 55.5 Å². The van der Waals surface area contributed by atoms with Crippen LogP contribution in [-0.2, 0) is 9.59 Å². The van der Waals surface area contributed by atoms with Gasteiger partial charge in [0.2, 0.25) is 5.91 Å². The maximum absolute atomic E-state index is 12.9. The molecule has 0 spiro atoms. The first kappa shape index (κ1) is 21.5. The highest BCUT2D eigenvalue weighted by Gasteiger charge is 2.35. The first-order valence-corrected chi connectivity index (χ1v) is 10.9. The summed E-state index contributed by atoms with van der Waals surface area (Å²) in [6, 6.07) is 15.1. The largest absolute Gasteiger partial charge is 0.481 e. The second-order valence-corrected chi connectivity index (χ2v) is 8.75. The summed E-state index contributed by atoms with van der Waals surface area (Å²) < 4.78 is 0.903. The Kier molecular flexibility index (Phi) is 6.07. The number of carboxylic acids is 1. The zero-order valence-electron chi connectivity index (χ0n) is 16.7. The molecule has 6 nitrogen and oxygen atoms in total. The van der Waals surface area contributed by atoms with Crippen LogP contribution in [0.3, 0.4) is 0 Å². The summed E-state index contributed by atoms with van der Waals surface area (Å²) in [4.78, 5) is 28.4. The maximum Gasteiger partial charge on any atom is 0.303 e. The molecule has 158 valence electrons. The second kappa shape index (κ2) is 8.77. The van der Waals surface area contributed by atoms with Gasteiger partial charge in [0.1, 0.15) is 5.15 Å². The predicted octanol–water partition coefficient (Wildman–Crippen LogP) is 5.50. The van der Waals surface area contributed by atoms with Crippen molar-refractivity contribution in [1.29, 1.82) is 0 Å². The normalized spacial score (nSPS) is 15.9. The molecular weight excluding hydrogens is 482 g/mol. The number of rotatable bonds is 5. The van der Waals surface area contributed by atoms with Crippen LogP contribution in [0.15, 0.2) is 58.1 Å². The van der Waals surface area contributed by atoms with Crippen molar-refractivity contribution in [2.75, 3.05) is 0 Å². The third-order valence-corrected chi connectivity index (χ3v) is 5.99. The van der Waals surface area contributed by atoms with E-state index in [-0.39, 0.29) is 18.7 Å². The van der Waals surface area contributed by atoms with Crippen LogP contribution in [0, 0.1) is 6.92 Å². The third-order valence-electron chi connectivity index (χ3n) is 5.19. The lowest BCUT2D eigenvalue weighted by atomic mass is 9.98. The van der Waals surface area contributed by atoms with Crippen LogP contribution in [0.1, 0.15) is 42.0 Å². The van der Waals surface area contributed by atoms with E-state index in [0.717, 1.165) is 32.2 Å². The fraction of sp³-hybridized carbons (Fsp3) is 0.217. The van der Waals surface area contributed by atoms with Gasteiger partial charge < -0.3 is 5.11 Å². The molecule has 1 N–H and O–H groups in total. The van der Waals surface area contributed by atoms with Gasteiger partial charge in [0.15, 0.2) is 0 Å². The van der Waals surface area contributed by atoms with E-state index < -0.39 is 12.0 Å². The van der Waals surface area contributed by atoms with Gasteiger partial charge in [-0.05, 0) is 42.3 Å². The van der Waals surface area contributed by atoms with Crippen molar-refractivity contribution in [3.63, 3.8) is 0 Å². The molecule has 2 heterocycles. The highest BCUT2D eigenvalue weighted by Crippen LogP contribution is 2.38. The number of aliphatic carboxylic acids is 1. The van der Waals surface area contributed by atoms with Gasteiger partial charge in [0, 0.05) is 28.3 Å². The highest BCUT2D eigenvalue weighted by atomic mass is 79.9. The summed E-state index contributed by atoms with van der Waals surface area (Å²) in [5, 5.41) is 16.2. The number of carboxylic acid groups (broad SMARTS) is 1. The van der Waals surface area contributed by atoms with Gasteiger partial charge in [-0.1, -0.05) is 51.8 Å². The molecule has 3 aromatic rings. The van der Waals surface area contributed by atoms with Gasteiger partial charge in [0.05, 0.1) is 23.7 Å². The zero-order valence-corrected chi connectivity index (χ0v) is 19.0. The van der Waals surface area contributed by atoms with Crippen molar-refractivity contribution in [2.24, 2.45) is 5.10 Å². The van der Waals surface area contributed by atoms with Crippen LogP contribution in [0.25, 0.3) is 10.9 Å². The average Bonchev–Trinajstić information content (AvgIpc) is 3.16. The van der Waals surface area contributed by atoms with Crippen molar-refractivity contribution in [3.8, 4) is 0 Å². The van der Waals surface area contributed by atoms with Gasteiger partial charge in [-0.25, -0.2) is 9.99 Å². The number of halogens is 2. The SMILES string of the molecule is Cc1ccc2cc(C3CC(c4cccc(Br)c4)=NN3C(=O)CCC(=O)O)c(Cl)nc2c1. The molecule has 4 rings (SSSR count). The number of hydrazone groups is 1. The molecule has 1 amide bonds. The molecule has 1 unspecified atom stereocenters. The zero-order chi connectivity index (χ0) is 22.1. The summed E-state index contributed by atoms with van der Waals surface area (Å²) >= 11 is 10.0. The fourth-order valence-electron chi connectivity index (χ4n) is 3.66. The molecule has 0 saturated carbocycles. The monoisotopic (exact) mass is 499 g/mol. The van der Waals surface area contributed by atoms with Crippen LogP contribution in [-0.4, -0.2) is 32.7 Å². The number of hydrogen-bond acceptors (Lipinski definition) is 4. The molecule has 0 saturated heterocycles. The molecule has 0 fully saturated rings. The van der Waals surface area contributed by atoms with E-state index in [4.69, 9.17) is 16.7 Å². The Morgan fingerprint density at radius 2 is 2.00 bits per heavy atom. The molecule has 31 heavy (non-hydrogen) atoms. The number of fused-ring (bicyclic) bond motifs is 1. The first-order chi connectivity index (χ1) is 14.8.